The van der Waals surface area contributed by atoms with E-state index in [-0.39, 0.29) is 11.7 Å². The monoisotopic (exact) mass is 417 g/mol. The maximum atomic E-state index is 13.3. The Morgan fingerprint density at radius 3 is 2.53 bits per heavy atom. The maximum Gasteiger partial charge on any atom is 0.416 e. The number of anilines is 1. The standard InChI is InChI=1S/C22H22F3N3O2/c1-12-17(5-4-6-20(12)22(23,24)25)13(2)26-21-19-9-15(30-16-10-29-11-16)7-8-18(19)14(3)27-28-21/h4-9,13,16H,10-11H2,1-3H3,(H,26,28)/t13-/m1/s1. The Morgan fingerprint density at radius 2 is 1.87 bits per heavy atom. The first-order chi connectivity index (χ1) is 14.2. The number of aryl methyl sites for hydroxylation is 1. The molecular formula is C22H22F3N3O2. The molecule has 2 aromatic carbocycles. The van der Waals surface area contributed by atoms with Gasteiger partial charge in [0.1, 0.15) is 11.9 Å². The summed E-state index contributed by atoms with van der Waals surface area (Å²) in [6.07, 6.45) is -4.37. The molecule has 1 aliphatic heterocycles. The maximum absolute atomic E-state index is 13.3. The number of halogens is 3. The Morgan fingerprint density at radius 1 is 1.10 bits per heavy atom. The molecule has 30 heavy (non-hydrogen) atoms. The van der Waals surface area contributed by atoms with E-state index in [1.54, 1.807) is 6.07 Å². The predicted octanol–water partition coefficient (Wildman–Crippen LogP) is 5.22. The summed E-state index contributed by atoms with van der Waals surface area (Å²) in [6.45, 7) is 6.27. The number of nitrogens with one attached hydrogen (secondary N) is 1. The molecule has 0 spiro atoms. The third-order valence-corrected chi connectivity index (χ3v) is 5.35. The minimum Gasteiger partial charge on any atom is -0.486 e. The third-order valence-electron chi connectivity index (χ3n) is 5.35. The molecule has 1 fully saturated rings. The number of hydrogen-bond acceptors (Lipinski definition) is 5. The largest absolute Gasteiger partial charge is 0.486 e. The van der Waals surface area contributed by atoms with Crippen LogP contribution in [0.1, 0.15) is 35.3 Å². The van der Waals surface area contributed by atoms with Gasteiger partial charge in [-0.1, -0.05) is 12.1 Å². The van der Waals surface area contributed by atoms with Gasteiger partial charge in [-0.15, -0.1) is 5.10 Å². The number of fused-ring (bicyclic) bond motifs is 1. The molecule has 158 valence electrons. The highest BCUT2D eigenvalue weighted by Gasteiger charge is 2.33. The summed E-state index contributed by atoms with van der Waals surface area (Å²) in [5.74, 6) is 1.18. The number of nitrogens with zero attached hydrogens (tertiary/aromatic N) is 2. The van der Waals surface area contributed by atoms with Crippen LogP contribution in [-0.2, 0) is 10.9 Å². The van der Waals surface area contributed by atoms with Crippen LogP contribution in [0.4, 0.5) is 19.0 Å². The van der Waals surface area contributed by atoms with Gasteiger partial charge in [0.15, 0.2) is 5.82 Å². The number of benzene rings is 2. The number of rotatable bonds is 5. The second-order valence-electron chi connectivity index (χ2n) is 7.50. The van der Waals surface area contributed by atoms with E-state index in [9.17, 15) is 13.2 Å². The average molecular weight is 417 g/mol. The molecule has 5 nitrogen and oxygen atoms in total. The molecule has 0 amide bonds. The lowest BCUT2D eigenvalue weighted by Gasteiger charge is -2.27. The highest BCUT2D eigenvalue weighted by molar-refractivity contribution is 5.94. The molecule has 1 aliphatic rings. The number of hydrogen-bond donors (Lipinski definition) is 1. The lowest BCUT2D eigenvalue weighted by atomic mass is 9.97. The molecule has 1 saturated heterocycles. The van der Waals surface area contributed by atoms with E-state index >= 15 is 0 Å². The van der Waals surface area contributed by atoms with Crippen LogP contribution in [0.25, 0.3) is 10.8 Å². The molecule has 1 atom stereocenters. The van der Waals surface area contributed by atoms with Crippen molar-refractivity contribution in [3.05, 3.63) is 58.8 Å². The van der Waals surface area contributed by atoms with Crippen molar-refractivity contribution in [2.75, 3.05) is 18.5 Å². The van der Waals surface area contributed by atoms with Crippen LogP contribution in [0.3, 0.4) is 0 Å². The molecule has 0 radical (unpaired) electrons. The molecule has 0 unspecified atom stereocenters. The van der Waals surface area contributed by atoms with Crippen molar-refractivity contribution in [3.63, 3.8) is 0 Å². The van der Waals surface area contributed by atoms with Crippen molar-refractivity contribution < 1.29 is 22.6 Å². The van der Waals surface area contributed by atoms with Crippen LogP contribution in [-0.4, -0.2) is 29.5 Å². The number of ether oxygens (including phenoxy) is 2. The summed E-state index contributed by atoms with van der Waals surface area (Å²) >= 11 is 0. The van der Waals surface area contributed by atoms with Crippen LogP contribution >= 0.6 is 0 Å². The predicted molar refractivity (Wildman–Crippen MR) is 108 cm³/mol. The molecule has 2 heterocycles. The summed E-state index contributed by atoms with van der Waals surface area (Å²) in [5.41, 5.74) is 0.881. The minimum absolute atomic E-state index is 0.0291. The molecule has 0 bridgehead atoms. The van der Waals surface area contributed by atoms with Gasteiger partial charge in [0, 0.05) is 10.8 Å². The molecule has 1 aromatic heterocycles. The average Bonchev–Trinajstić information content (AvgIpc) is 2.66. The third kappa shape index (κ3) is 3.92. The van der Waals surface area contributed by atoms with Gasteiger partial charge in [-0.05, 0) is 56.2 Å². The lowest BCUT2D eigenvalue weighted by Crippen LogP contribution is -2.38. The summed E-state index contributed by atoms with van der Waals surface area (Å²) in [5, 5.41) is 13.4. The van der Waals surface area contributed by atoms with Crippen LogP contribution in [0.2, 0.25) is 0 Å². The zero-order valence-corrected chi connectivity index (χ0v) is 16.9. The van der Waals surface area contributed by atoms with Gasteiger partial charge in [-0.25, -0.2) is 0 Å². The van der Waals surface area contributed by atoms with Gasteiger partial charge in [0.25, 0.3) is 0 Å². The Labute approximate surface area is 172 Å². The first-order valence-electron chi connectivity index (χ1n) is 9.68. The summed E-state index contributed by atoms with van der Waals surface area (Å²) < 4.78 is 50.9. The first kappa shape index (κ1) is 20.4. The van der Waals surface area contributed by atoms with Gasteiger partial charge < -0.3 is 14.8 Å². The molecular weight excluding hydrogens is 395 g/mol. The van der Waals surface area contributed by atoms with Crippen molar-refractivity contribution in [1.29, 1.82) is 0 Å². The van der Waals surface area contributed by atoms with Gasteiger partial charge >= 0.3 is 6.18 Å². The number of aromatic nitrogens is 2. The molecule has 0 aliphatic carbocycles. The van der Waals surface area contributed by atoms with E-state index in [0.29, 0.717) is 30.3 Å². The van der Waals surface area contributed by atoms with E-state index in [4.69, 9.17) is 9.47 Å². The fraction of sp³-hybridized carbons (Fsp3) is 0.364. The quantitative estimate of drug-likeness (QED) is 0.617. The fourth-order valence-corrected chi connectivity index (χ4v) is 3.63. The van der Waals surface area contributed by atoms with Crippen molar-refractivity contribution in [2.45, 2.75) is 39.1 Å². The van der Waals surface area contributed by atoms with Crippen LogP contribution < -0.4 is 10.1 Å². The van der Waals surface area contributed by atoms with E-state index in [2.05, 4.69) is 15.5 Å². The van der Waals surface area contributed by atoms with Crippen molar-refractivity contribution in [3.8, 4) is 5.75 Å². The van der Waals surface area contributed by atoms with Gasteiger partial charge in [-0.2, -0.15) is 18.3 Å². The fourth-order valence-electron chi connectivity index (χ4n) is 3.63. The number of alkyl halides is 3. The van der Waals surface area contributed by atoms with Crippen LogP contribution in [0, 0.1) is 13.8 Å². The zero-order valence-electron chi connectivity index (χ0n) is 16.9. The van der Waals surface area contributed by atoms with Crippen molar-refractivity contribution in [2.24, 2.45) is 0 Å². The molecule has 1 N–H and O–H groups in total. The first-order valence-corrected chi connectivity index (χ1v) is 9.68. The molecule has 8 heteroatoms. The van der Waals surface area contributed by atoms with E-state index in [1.165, 1.54) is 13.0 Å². The SMILES string of the molecule is Cc1c([C@@H](C)Nc2nnc(C)c3ccc(OC4COC4)cc23)cccc1C(F)(F)F. The van der Waals surface area contributed by atoms with E-state index < -0.39 is 17.8 Å². The lowest BCUT2D eigenvalue weighted by molar-refractivity contribution is -0.138. The molecule has 3 aromatic rings. The Balaban J connectivity index is 1.68. The zero-order chi connectivity index (χ0) is 21.5. The van der Waals surface area contributed by atoms with Gasteiger partial charge in [-0.3, -0.25) is 0 Å². The van der Waals surface area contributed by atoms with Gasteiger partial charge in [0.2, 0.25) is 0 Å². The van der Waals surface area contributed by atoms with Crippen LogP contribution in [0.15, 0.2) is 36.4 Å². The van der Waals surface area contributed by atoms with Crippen molar-refractivity contribution >= 4 is 16.6 Å². The van der Waals surface area contributed by atoms with E-state index in [0.717, 1.165) is 22.5 Å². The molecule has 0 saturated carbocycles. The Bertz CT molecular complexity index is 1080. The Kier molecular flexibility index (Phi) is 5.27. The van der Waals surface area contributed by atoms with Crippen LogP contribution in [0.5, 0.6) is 5.75 Å². The summed E-state index contributed by atoms with van der Waals surface area (Å²) in [6, 6.07) is 9.48. The minimum atomic E-state index is -4.40. The molecule has 4 rings (SSSR count). The topological polar surface area (TPSA) is 56.3 Å². The summed E-state index contributed by atoms with van der Waals surface area (Å²) in [7, 11) is 0. The Hall–Kier alpha value is -2.87. The van der Waals surface area contributed by atoms with Gasteiger partial charge in [0.05, 0.1) is 30.5 Å². The highest BCUT2D eigenvalue weighted by atomic mass is 19.4. The second-order valence-corrected chi connectivity index (χ2v) is 7.50. The van der Waals surface area contributed by atoms with E-state index in [1.807, 2.05) is 32.0 Å². The smallest absolute Gasteiger partial charge is 0.416 e. The second kappa shape index (κ2) is 7.75. The van der Waals surface area contributed by atoms with Crippen molar-refractivity contribution in [1.82, 2.24) is 10.2 Å². The summed E-state index contributed by atoms with van der Waals surface area (Å²) in [4.78, 5) is 0. The highest BCUT2D eigenvalue weighted by Crippen LogP contribution is 2.36. The normalized spacial score (nSPS) is 15.7.